The average molecular weight is 238 g/mol. The molecule has 0 aliphatic rings. The summed E-state index contributed by atoms with van der Waals surface area (Å²) in [6.07, 6.45) is 0. The van der Waals surface area contributed by atoms with Gasteiger partial charge < -0.3 is 4.74 Å². The van der Waals surface area contributed by atoms with Gasteiger partial charge in [0.05, 0.1) is 23.2 Å². The van der Waals surface area contributed by atoms with Crippen LogP contribution in [0.5, 0.6) is 5.75 Å². The number of nitrogens with zero attached hydrogens (tertiary/aromatic N) is 1. The van der Waals surface area contributed by atoms with Gasteiger partial charge in [0.15, 0.2) is 0 Å². The van der Waals surface area contributed by atoms with Crippen LogP contribution in [0.1, 0.15) is 5.56 Å². The summed E-state index contributed by atoms with van der Waals surface area (Å²) >= 11 is 3.33. The summed E-state index contributed by atoms with van der Waals surface area (Å²) in [4.78, 5) is 0. The number of hydrogen-bond donors (Lipinski definition) is 0. The zero-order chi connectivity index (χ0) is 9.84. The molecule has 3 heteroatoms. The van der Waals surface area contributed by atoms with E-state index in [0.717, 1.165) is 15.8 Å². The first kappa shape index (κ1) is 9.82. The van der Waals surface area contributed by atoms with Crippen molar-refractivity contribution in [2.45, 2.75) is 0 Å². The summed E-state index contributed by atoms with van der Waals surface area (Å²) in [6, 6.07) is 7.39. The molecule has 0 atom stereocenters. The highest BCUT2D eigenvalue weighted by atomic mass is 79.9. The fraction of sp³-hybridized carbons (Fsp3) is 0.100. The Morgan fingerprint density at radius 2 is 2.31 bits per heavy atom. The van der Waals surface area contributed by atoms with Crippen molar-refractivity contribution >= 4 is 21.5 Å². The van der Waals surface area contributed by atoms with Crippen LogP contribution in [0.2, 0.25) is 0 Å². The van der Waals surface area contributed by atoms with Crippen molar-refractivity contribution in [1.82, 2.24) is 0 Å². The Morgan fingerprint density at radius 3 is 2.77 bits per heavy atom. The summed E-state index contributed by atoms with van der Waals surface area (Å²) in [5.74, 6) is 0.745. The quantitative estimate of drug-likeness (QED) is 0.742. The Bertz CT molecular complexity index is 379. The molecule has 66 valence electrons. The van der Waals surface area contributed by atoms with Gasteiger partial charge in [-0.3, -0.25) is 0 Å². The molecule has 0 radical (unpaired) electrons. The second-order valence-corrected chi connectivity index (χ2v) is 3.29. The predicted molar refractivity (Wildman–Crippen MR) is 55.3 cm³/mol. The fourth-order valence-electron chi connectivity index (χ4n) is 0.919. The SMILES string of the molecule is C=C(C#N)c1ccc(OC)c(Br)c1. The molecule has 1 aromatic carbocycles. The van der Waals surface area contributed by atoms with Crippen molar-refractivity contribution in [2.24, 2.45) is 0 Å². The van der Waals surface area contributed by atoms with E-state index in [2.05, 4.69) is 22.5 Å². The highest BCUT2D eigenvalue weighted by molar-refractivity contribution is 9.10. The van der Waals surface area contributed by atoms with E-state index in [1.165, 1.54) is 0 Å². The largest absolute Gasteiger partial charge is 0.496 e. The maximum absolute atomic E-state index is 8.61. The molecule has 0 saturated heterocycles. The van der Waals surface area contributed by atoms with Gasteiger partial charge in [-0.2, -0.15) is 5.26 Å². The van der Waals surface area contributed by atoms with E-state index in [0.29, 0.717) is 5.57 Å². The van der Waals surface area contributed by atoms with E-state index < -0.39 is 0 Å². The number of rotatable bonds is 2. The number of methoxy groups -OCH3 is 1. The van der Waals surface area contributed by atoms with Crippen molar-refractivity contribution < 1.29 is 4.74 Å². The molecule has 0 amide bonds. The molecule has 1 rings (SSSR count). The van der Waals surface area contributed by atoms with Gasteiger partial charge in [-0.25, -0.2) is 0 Å². The van der Waals surface area contributed by atoms with Gasteiger partial charge in [0.25, 0.3) is 0 Å². The number of ether oxygens (including phenoxy) is 1. The standard InChI is InChI=1S/C10H8BrNO/c1-7(6-12)8-3-4-10(13-2)9(11)5-8/h3-5H,1H2,2H3. The molecule has 0 spiro atoms. The minimum Gasteiger partial charge on any atom is -0.496 e. The third-order valence-electron chi connectivity index (χ3n) is 1.64. The number of nitriles is 1. The molecule has 0 saturated carbocycles. The number of allylic oxidation sites excluding steroid dienone is 1. The molecule has 0 unspecified atom stereocenters. The lowest BCUT2D eigenvalue weighted by molar-refractivity contribution is 0.412. The maximum atomic E-state index is 8.61. The van der Waals surface area contributed by atoms with Crippen LogP contribution in [0.25, 0.3) is 5.57 Å². The van der Waals surface area contributed by atoms with Crippen LogP contribution in [-0.4, -0.2) is 7.11 Å². The fourth-order valence-corrected chi connectivity index (χ4v) is 1.46. The molecule has 1 aromatic rings. The van der Waals surface area contributed by atoms with Crippen LogP contribution in [0.15, 0.2) is 29.3 Å². The Kier molecular flexibility index (Phi) is 3.10. The van der Waals surface area contributed by atoms with Crippen LogP contribution in [-0.2, 0) is 0 Å². The van der Waals surface area contributed by atoms with E-state index in [9.17, 15) is 0 Å². The van der Waals surface area contributed by atoms with Crippen LogP contribution >= 0.6 is 15.9 Å². The van der Waals surface area contributed by atoms with Crippen molar-refractivity contribution in [3.05, 3.63) is 34.8 Å². The topological polar surface area (TPSA) is 33.0 Å². The van der Waals surface area contributed by atoms with Crippen molar-refractivity contribution in [3.63, 3.8) is 0 Å². The van der Waals surface area contributed by atoms with Gasteiger partial charge >= 0.3 is 0 Å². The Labute approximate surface area is 85.6 Å². The van der Waals surface area contributed by atoms with Gasteiger partial charge in [-0.1, -0.05) is 6.58 Å². The number of benzene rings is 1. The molecular formula is C10H8BrNO. The second kappa shape index (κ2) is 4.11. The van der Waals surface area contributed by atoms with E-state index in [1.807, 2.05) is 12.1 Å². The van der Waals surface area contributed by atoms with E-state index >= 15 is 0 Å². The van der Waals surface area contributed by atoms with Gasteiger partial charge in [0.2, 0.25) is 0 Å². The summed E-state index contributed by atoms with van der Waals surface area (Å²) in [5, 5.41) is 8.61. The molecule has 0 aliphatic carbocycles. The van der Waals surface area contributed by atoms with Crippen LogP contribution in [0.4, 0.5) is 0 Å². The maximum Gasteiger partial charge on any atom is 0.133 e. The van der Waals surface area contributed by atoms with E-state index in [1.54, 1.807) is 19.2 Å². The summed E-state index contributed by atoms with van der Waals surface area (Å²) in [5.41, 5.74) is 1.25. The summed E-state index contributed by atoms with van der Waals surface area (Å²) < 4.78 is 5.88. The lowest BCUT2D eigenvalue weighted by Gasteiger charge is -2.04. The van der Waals surface area contributed by atoms with Crippen LogP contribution in [0, 0.1) is 11.3 Å². The molecule has 0 heterocycles. The molecule has 0 aliphatic heterocycles. The minimum absolute atomic E-state index is 0.448. The molecule has 0 aromatic heterocycles. The minimum atomic E-state index is 0.448. The summed E-state index contributed by atoms with van der Waals surface area (Å²) in [6.45, 7) is 3.62. The van der Waals surface area contributed by atoms with E-state index in [4.69, 9.17) is 10.00 Å². The van der Waals surface area contributed by atoms with Crippen molar-refractivity contribution in [1.29, 1.82) is 5.26 Å². The zero-order valence-electron chi connectivity index (χ0n) is 7.17. The highest BCUT2D eigenvalue weighted by Gasteiger charge is 2.02. The monoisotopic (exact) mass is 237 g/mol. The average Bonchev–Trinajstić information content (AvgIpc) is 2.16. The van der Waals surface area contributed by atoms with Gasteiger partial charge in [0, 0.05) is 0 Å². The smallest absolute Gasteiger partial charge is 0.133 e. The molecule has 0 bridgehead atoms. The lowest BCUT2D eigenvalue weighted by atomic mass is 10.1. The number of halogens is 1. The molecule has 13 heavy (non-hydrogen) atoms. The van der Waals surface area contributed by atoms with Crippen LogP contribution in [0.3, 0.4) is 0 Å². The normalized spacial score (nSPS) is 9.00. The van der Waals surface area contributed by atoms with Crippen LogP contribution < -0.4 is 4.74 Å². The first-order valence-corrected chi connectivity index (χ1v) is 4.41. The second-order valence-electron chi connectivity index (χ2n) is 2.44. The first-order valence-electron chi connectivity index (χ1n) is 3.62. The Hall–Kier alpha value is -1.27. The highest BCUT2D eigenvalue weighted by Crippen LogP contribution is 2.27. The van der Waals surface area contributed by atoms with Gasteiger partial charge in [-0.05, 0) is 39.7 Å². The third kappa shape index (κ3) is 2.10. The molecule has 2 nitrogen and oxygen atoms in total. The summed E-state index contributed by atoms with van der Waals surface area (Å²) in [7, 11) is 1.60. The Morgan fingerprint density at radius 1 is 1.62 bits per heavy atom. The van der Waals surface area contributed by atoms with Gasteiger partial charge in [0.1, 0.15) is 5.75 Å². The molecule has 0 N–H and O–H groups in total. The Balaban J connectivity index is 3.11. The predicted octanol–water partition coefficient (Wildman–Crippen LogP) is 2.99. The lowest BCUT2D eigenvalue weighted by Crippen LogP contribution is -1.86. The van der Waals surface area contributed by atoms with Gasteiger partial charge in [-0.15, -0.1) is 0 Å². The van der Waals surface area contributed by atoms with E-state index in [-0.39, 0.29) is 0 Å². The zero-order valence-corrected chi connectivity index (χ0v) is 8.76. The third-order valence-corrected chi connectivity index (χ3v) is 2.25. The molecule has 0 fully saturated rings. The van der Waals surface area contributed by atoms with Crippen molar-refractivity contribution in [3.8, 4) is 11.8 Å². The first-order chi connectivity index (χ1) is 6.19. The molecular weight excluding hydrogens is 230 g/mol. The number of hydrogen-bond acceptors (Lipinski definition) is 2. The van der Waals surface area contributed by atoms with Crippen molar-refractivity contribution in [2.75, 3.05) is 7.11 Å².